The Hall–Kier alpha value is -0.0800. The highest BCUT2D eigenvalue weighted by molar-refractivity contribution is 4.41. The summed E-state index contributed by atoms with van der Waals surface area (Å²) in [6.07, 6.45) is 2.33. The second-order valence-corrected chi connectivity index (χ2v) is 1.92. The lowest BCUT2D eigenvalue weighted by Crippen LogP contribution is -2.08. The van der Waals surface area contributed by atoms with Crippen molar-refractivity contribution in [3.8, 4) is 0 Å². The summed E-state index contributed by atoms with van der Waals surface area (Å²) in [6, 6.07) is 0. The van der Waals surface area contributed by atoms with Crippen LogP contribution in [0.3, 0.4) is 0 Å². The van der Waals surface area contributed by atoms with Gasteiger partial charge in [-0.3, -0.25) is 0 Å². The molecular weight excluding hydrogens is 114 g/mol. The molecular formula is C7H16NO. The highest BCUT2D eigenvalue weighted by atomic mass is 16.5. The Morgan fingerprint density at radius 3 is 2.78 bits per heavy atom. The Morgan fingerprint density at radius 2 is 2.22 bits per heavy atom. The lowest BCUT2D eigenvalue weighted by atomic mass is 10.3. The van der Waals surface area contributed by atoms with E-state index in [4.69, 9.17) is 4.74 Å². The first-order chi connectivity index (χ1) is 4.41. The zero-order valence-corrected chi connectivity index (χ0v) is 6.15. The number of nitrogens with one attached hydrogen (secondary N) is 1. The zero-order valence-electron chi connectivity index (χ0n) is 6.15. The van der Waals surface area contributed by atoms with Gasteiger partial charge < -0.3 is 10.1 Å². The summed E-state index contributed by atoms with van der Waals surface area (Å²) >= 11 is 0. The van der Waals surface area contributed by atoms with Crippen molar-refractivity contribution in [2.75, 3.05) is 26.8 Å². The molecule has 0 unspecified atom stereocenters. The van der Waals surface area contributed by atoms with Gasteiger partial charge in [0, 0.05) is 13.2 Å². The van der Waals surface area contributed by atoms with Crippen molar-refractivity contribution in [3.63, 3.8) is 0 Å². The molecule has 0 aliphatic heterocycles. The predicted octanol–water partition coefficient (Wildman–Crippen LogP) is 0.837. The molecule has 2 heteroatoms. The first-order valence-electron chi connectivity index (χ1n) is 3.43. The van der Waals surface area contributed by atoms with Crippen LogP contribution >= 0.6 is 0 Å². The topological polar surface area (TPSA) is 21.3 Å². The van der Waals surface area contributed by atoms with E-state index in [9.17, 15) is 0 Å². The summed E-state index contributed by atoms with van der Waals surface area (Å²) in [5.41, 5.74) is 0. The Bertz CT molecular complexity index is 42.2. The molecule has 0 saturated carbocycles. The molecule has 9 heavy (non-hydrogen) atoms. The van der Waals surface area contributed by atoms with Crippen LogP contribution in [0.5, 0.6) is 0 Å². The lowest BCUT2D eigenvalue weighted by molar-refractivity contribution is 0.156. The van der Waals surface area contributed by atoms with Gasteiger partial charge >= 0.3 is 0 Å². The molecule has 0 atom stereocenters. The van der Waals surface area contributed by atoms with Gasteiger partial charge in [-0.25, -0.2) is 0 Å². The Balaban J connectivity index is 2.60. The van der Waals surface area contributed by atoms with Crippen LogP contribution in [0.1, 0.15) is 12.8 Å². The molecule has 1 N–H and O–H groups in total. The first kappa shape index (κ1) is 8.92. The van der Waals surface area contributed by atoms with Crippen LogP contribution < -0.4 is 5.32 Å². The highest BCUT2D eigenvalue weighted by Gasteiger charge is 1.84. The van der Waals surface area contributed by atoms with Crippen LogP contribution in [0.4, 0.5) is 0 Å². The quantitative estimate of drug-likeness (QED) is 0.538. The minimum Gasteiger partial charge on any atom is -0.381 e. The standard InChI is InChI=1S/C7H16NO/c1-3-9-7-5-4-6-8-2/h8H,1,3-7H2,2H3. The first-order valence-corrected chi connectivity index (χ1v) is 3.43. The summed E-state index contributed by atoms with van der Waals surface area (Å²) < 4.78 is 5.04. The van der Waals surface area contributed by atoms with E-state index in [1.54, 1.807) is 0 Å². The molecule has 0 rings (SSSR count). The third kappa shape index (κ3) is 7.92. The van der Waals surface area contributed by atoms with Gasteiger partial charge in [0.2, 0.25) is 0 Å². The molecule has 0 heterocycles. The van der Waals surface area contributed by atoms with E-state index in [0.717, 1.165) is 19.6 Å². The summed E-state index contributed by atoms with van der Waals surface area (Å²) in [4.78, 5) is 0. The van der Waals surface area contributed by atoms with Crippen molar-refractivity contribution >= 4 is 0 Å². The van der Waals surface area contributed by atoms with Crippen LogP contribution in [0.2, 0.25) is 0 Å². The average Bonchev–Trinajstić information content (AvgIpc) is 1.89. The number of ether oxygens (including phenoxy) is 1. The van der Waals surface area contributed by atoms with Crippen molar-refractivity contribution in [1.29, 1.82) is 0 Å². The van der Waals surface area contributed by atoms with Crippen molar-refractivity contribution in [2.45, 2.75) is 12.8 Å². The second kappa shape index (κ2) is 7.92. The number of rotatable bonds is 6. The van der Waals surface area contributed by atoms with Gasteiger partial charge in [-0.1, -0.05) is 0 Å². The average molecular weight is 130 g/mol. The van der Waals surface area contributed by atoms with Crippen LogP contribution in [-0.4, -0.2) is 26.8 Å². The Morgan fingerprint density at radius 1 is 1.44 bits per heavy atom. The van der Waals surface area contributed by atoms with Gasteiger partial charge in [0.05, 0.1) is 0 Å². The molecule has 2 nitrogen and oxygen atoms in total. The van der Waals surface area contributed by atoms with Gasteiger partial charge in [-0.15, -0.1) is 0 Å². The number of unbranched alkanes of at least 4 members (excludes halogenated alkanes) is 1. The van der Waals surface area contributed by atoms with E-state index in [1.165, 1.54) is 6.42 Å². The summed E-state index contributed by atoms with van der Waals surface area (Å²) in [7, 11) is 1.96. The minimum atomic E-state index is 0.597. The largest absolute Gasteiger partial charge is 0.381 e. The minimum absolute atomic E-state index is 0.597. The van der Waals surface area contributed by atoms with Crippen LogP contribution in [-0.2, 0) is 4.74 Å². The predicted molar refractivity (Wildman–Crippen MR) is 39.3 cm³/mol. The smallest absolute Gasteiger partial charge is 0.0466 e. The maximum Gasteiger partial charge on any atom is 0.0466 e. The van der Waals surface area contributed by atoms with Crippen molar-refractivity contribution in [1.82, 2.24) is 5.32 Å². The maximum atomic E-state index is 5.04. The fourth-order valence-corrected chi connectivity index (χ4v) is 0.608. The van der Waals surface area contributed by atoms with Crippen LogP contribution in [0.25, 0.3) is 0 Å². The summed E-state index contributed by atoms with van der Waals surface area (Å²) in [5, 5.41) is 3.07. The monoisotopic (exact) mass is 130 g/mol. The normalized spacial score (nSPS) is 10.0. The molecule has 0 aliphatic carbocycles. The van der Waals surface area contributed by atoms with Crippen molar-refractivity contribution in [2.24, 2.45) is 0 Å². The van der Waals surface area contributed by atoms with E-state index in [-0.39, 0.29) is 0 Å². The summed E-state index contributed by atoms with van der Waals surface area (Å²) in [6.45, 7) is 6.10. The van der Waals surface area contributed by atoms with Crippen molar-refractivity contribution in [3.05, 3.63) is 6.92 Å². The molecule has 1 radical (unpaired) electrons. The zero-order chi connectivity index (χ0) is 6.95. The molecule has 0 spiro atoms. The molecule has 0 aliphatic rings. The fraction of sp³-hybridized carbons (Fsp3) is 0.857. The van der Waals surface area contributed by atoms with Gasteiger partial charge in [-0.2, -0.15) is 0 Å². The third-order valence-corrected chi connectivity index (χ3v) is 1.11. The lowest BCUT2D eigenvalue weighted by Gasteiger charge is -1.99. The maximum absolute atomic E-state index is 5.04. The number of hydrogen-bond donors (Lipinski definition) is 1. The Kier molecular flexibility index (Phi) is 7.85. The van der Waals surface area contributed by atoms with Crippen molar-refractivity contribution < 1.29 is 4.74 Å². The molecule has 0 amide bonds. The summed E-state index contributed by atoms with van der Waals surface area (Å²) in [5.74, 6) is 0. The van der Waals surface area contributed by atoms with Gasteiger partial charge in [0.15, 0.2) is 0 Å². The molecule has 0 aromatic carbocycles. The van der Waals surface area contributed by atoms with E-state index in [2.05, 4.69) is 12.2 Å². The third-order valence-electron chi connectivity index (χ3n) is 1.11. The molecule has 0 saturated heterocycles. The van der Waals surface area contributed by atoms with Crippen LogP contribution in [0.15, 0.2) is 0 Å². The Labute approximate surface area is 57.6 Å². The van der Waals surface area contributed by atoms with Gasteiger partial charge in [-0.05, 0) is 33.4 Å². The van der Waals surface area contributed by atoms with E-state index in [0.29, 0.717) is 6.61 Å². The number of hydrogen-bond acceptors (Lipinski definition) is 2. The second-order valence-electron chi connectivity index (χ2n) is 1.92. The van der Waals surface area contributed by atoms with Crippen LogP contribution in [0, 0.1) is 6.92 Å². The van der Waals surface area contributed by atoms with Gasteiger partial charge in [0.1, 0.15) is 0 Å². The molecule has 55 valence electrons. The molecule has 0 aromatic heterocycles. The van der Waals surface area contributed by atoms with E-state index < -0.39 is 0 Å². The fourth-order valence-electron chi connectivity index (χ4n) is 0.608. The highest BCUT2D eigenvalue weighted by Crippen LogP contribution is 1.86. The van der Waals surface area contributed by atoms with E-state index >= 15 is 0 Å². The van der Waals surface area contributed by atoms with E-state index in [1.807, 2.05) is 7.05 Å². The SMILES string of the molecule is [CH2]COCCCCNC. The van der Waals surface area contributed by atoms with Gasteiger partial charge in [0.25, 0.3) is 0 Å². The molecule has 0 bridgehead atoms. The molecule has 0 fully saturated rings. The molecule has 0 aromatic rings.